The minimum Gasteiger partial charge on any atom is -0.317 e. The lowest BCUT2D eigenvalue weighted by atomic mass is 10.1. The van der Waals surface area contributed by atoms with Crippen molar-refractivity contribution in [1.29, 1.82) is 0 Å². The summed E-state index contributed by atoms with van der Waals surface area (Å²) in [6, 6.07) is 13.5. The SMILES string of the molecule is O=C(Nc1c2ccccc2nc2ccccc12)C(F)(F)F. The fraction of sp³-hybridized carbons (Fsp3) is 0.0667. The van der Waals surface area contributed by atoms with Crippen LogP contribution in [0.1, 0.15) is 0 Å². The molecular weight excluding hydrogens is 281 g/mol. The normalized spacial score (nSPS) is 11.8. The lowest BCUT2D eigenvalue weighted by Crippen LogP contribution is -2.30. The van der Waals surface area contributed by atoms with Crippen LogP contribution in [-0.2, 0) is 4.79 Å². The molecule has 1 aromatic heterocycles. The fourth-order valence-electron chi connectivity index (χ4n) is 2.16. The third-order valence-corrected chi connectivity index (χ3v) is 3.08. The van der Waals surface area contributed by atoms with E-state index in [0.29, 0.717) is 21.8 Å². The van der Waals surface area contributed by atoms with Crippen LogP contribution in [0, 0.1) is 0 Å². The molecule has 21 heavy (non-hydrogen) atoms. The van der Waals surface area contributed by atoms with Crippen LogP contribution >= 0.6 is 0 Å². The molecule has 0 atom stereocenters. The van der Waals surface area contributed by atoms with Crippen LogP contribution in [0.5, 0.6) is 0 Å². The van der Waals surface area contributed by atoms with E-state index in [9.17, 15) is 18.0 Å². The van der Waals surface area contributed by atoms with Gasteiger partial charge in [-0.15, -0.1) is 0 Å². The first-order valence-corrected chi connectivity index (χ1v) is 6.12. The molecule has 3 nitrogen and oxygen atoms in total. The van der Waals surface area contributed by atoms with Crippen LogP contribution in [0.25, 0.3) is 21.8 Å². The van der Waals surface area contributed by atoms with Gasteiger partial charge in [-0.05, 0) is 12.1 Å². The Hall–Kier alpha value is -2.63. The number of nitrogens with zero attached hydrogens (tertiary/aromatic N) is 1. The van der Waals surface area contributed by atoms with E-state index >= 15 is 0 Å². The van der Waals surface area contributed by atoms with Crippen LogP contribution in [0.3, 0.4) is 0 Å². The zero-order valence-electron chi connectivity index (χ0n) is 10.6. The third kappa shape index (κ3) is 2.40. The number of anilines is 1. The Morgan fingerprint density at radius 3 is 1.86 bits per heavy atom. The first-order chi connectivity index (χ1) is 9.97. The largest absolute Gasteiger partial charge is 0.471 e. The highest BCUT2D eigenvalue weighted by Crippen LogP contribution is 2.31. The van der Waals surface area contributed by atoms with Crippen LogP contribution in [0.2, 0.25) is 0 Å². The predicted octanol–water partition coefficient (Wildman–Crippen LogP) is 3.89. The zero-order valence-corrected chi connectivity index (χ0v) is 10.6. The number of hydrogen-bond donors (Lipinski definition) is 1. The number of para-hydroxylation sites is 2. The van der Waals surface area contributed by atoms with Gasteiger partial charge in [0.15, 0.2) is 0 Å². The van der Waals surface area contributed by atoms with Crippen molar-refractivity contribution in [2.24, 2.45) is 0 Å². The van der Waals surface area contributed by atoms with Gasteiger partial charge in [0.25, 0.3) is 0 Å². The van der Waals surface area contributed by atoms with Crippen molar-refractivity contribution in [3.8, 4) is 0 Å². The van der Waals surface area contributed by atoms with Gasteiger partial charge in [0.1, 0.15) is 0 Å². The van der Waals surface area contributed by atoms with Gasteiger partial charge in [-0.3, -0.25) is 4.79 Å². The molecule has 0 aliphatic carbocycles. The molecule has 106 valence electrons. The van der Waals surface area contributed by atoms with E-state index in [1.165, 1.54) is 0 Å². The van der Waals surface area contributed by atoms with Crippen LogP contribution in [-0.4, -0.2) is 17.1 Å². The van der Waals surface area contributed by atoms with Gasteiger partial charge in [0.2, 0.25) is 0 Å². The molecule has 1 N–H and O–H groups in total. The maximum absolute atomic E-state index is 12.5. The van der Waals surface area contributed by atoms with Crippen molar-refractivity contribution in [3.05, 3.63) is 48.5 Å². The smallest absolute Gasteiger partial charge is 0.317 e. The Morgan fingerprint density at radius 2 is 1.38 bits per heavy atom. The predicted molar refractivity (Wildman–Crippen MR) is 73.9 cm³/mol. The summed E-state index contributed by atoms with van der Waals surface area (Å²) in [5, 5.41) is 2.90. The minimum atomic E-state index is -4.94. The lowest BCUT2D eigenvalue weighted by Gasteiger charge is -2.13. The lowest BCUT2D eigenvalue weighted by molar-refractivity contribution is -0.167. The second-order valence-electron chi connectivity index (χ2n) is 4.47. The quantitative estimate of drug-likeness (QED) is 0.691. The monoisotopic (exact) mass is 290 g/mol. The van der Waals surface area contributed by atoms with Gasteiger partial charge < -0.3 is 5.32 Å². The van der Waals surface area contributed by atoms with Crippen molar-refractivity contribution < 1.29 is 18.0 Å². The van der Waals surface area contributed by atoms with Crippen LogP contribution < -0.4 is 5.32 Å². The summed E-state index contributed by atoms with van der Waals surface area (Å²) in [5.41, 5.74) is 1.17. The van der Waals surface area contributed by atoms with Gasteiger partial charge >= 0.3 is 12.1 Å². The summed E-state index contributed by atoms with van der Waals surface area (Å²) >= 11 is 0. The van der Waals surface area contributed by atoms with E-state index in [1.807, 2.05) is 5.32 Å². The van der Waals surface area contributed by atoms with Crippen molar-refractivity contribution in [1.82, 2.24) is 4.98 Å². The fourth-order valence-corrected chi connectivity index (χ4v) is 2.16. The summed E-state index contributed by atoms with van der Waals surface area (Å²) in [5.74, 6) is -2.00. The Bertz CT molecular complexity index is 789. The molecule has 1 heterocycles. The molecule has 0 saturated heterocycles. The number of hydrogen-bond acceptors (Lipinski definition) is 2. The average Bonchev–Trinajstić information content (AvgIpc) is 2.46. The first-order valence-electron chi connectivity index (χ1n) is 6.12. The van der Waals surface area contributed by atoms with E-state index in [1.54, 1.807) is 48.5 Å². The molecule has 0 bridgehead atoms. The summed E-state index contributed by atoms with van der Waals surface area (Å²) in [6.07, 6.45) is -4.94. The van der Waals surface area contributed by atoms with Gasteiger partial charge in [-0.25, -0.2) is 4.98 Å². The van der Waals surface area contributed by atoms with E-state index in [-0.39, 0.29) is 5.69 Å². The molecule has 6 heteroatoms. The Kier molecular flexibility index (Phi) is 3.01. The number of fused-ring (bicyclic) bond motifs is 2. The number of pyridine rings is 1. The molecule has 0 fully saturated rings. The Morgan fingerprint density at radius 1 is 0.905 bits per heavy atom. The van der Waals surface area contributed by atoms with Crippen LogP contribution in [0.4, 0.5) is 18.9 Å². The maximum Gasteiger partial charge on any atom is 0.471 e. The second kappa shape index (κ2) is 4.73. The van der Waals surface area contributed by atoms with Crippen molar-refractivity contribution in [2.75, 3.05) is 5.32 Å². The standard InChI is InChI=1S/C15H9F3N2O/c16-15(17,18)14(21)20-13-9-5-1-3-7-11(9)19-12-8-4-2-6-10(12)13/h1-8H,(H,19,20,21). The Balaban J connectivity index is 2.28. The van der Waals surface area contributed by atoms with Crippen molar-refractivity contribution >= 4 is 33.4 Å². The van der Waals surface area contributed by atoms with E-state index in [2.05, 4.69) is 4.98 Å². The number of carbonyl (C=O) groups is 1. The molecule has 0 unspecified atom stereocenters. The van der Waals surface area contributed by atoms with Gasteiger partial charge in [0.05, 0.1) is 16.7 Å². The summed E-state index contributed by atoms with van der Waals surface area (Å²) in [6.45, 7) is 0. The minimum absolute atomic E-state index is 0.124. The molecule has 3 aromatic rings. The molecule has 0 spiro atoms. The van der Waals surface area contributed by atoms with Gasteiger partial charge in [-0.2, -0.15) is 13.2 Å². The third-order valence-electron chi connectivity index (χ3n) is 3.08. The number of aromatic nitrogens is 1. The van der Waals surface area contributed by atoms with E-state index < -0.39 is 12.1 Å². The highest BCUT2D eigenvalue weighted by molar-refractivity contribution is 6.13. The number of benzene rings is 2. The summed E-state index contributed by atoms with van der Waals surface area (Å²) in [4.78, 5) is 15.6. The highest BCUT2D eigenvalue weighted by Gasteiger charge is 2.39. The maximum atomic E-state index is 12.5. The molecule has 0 radical (unpaired) electrons. The Labute approximate surface area is 117 Å². The highest BCUT2D eigenvalue weighted by atomic mass is 19.4. The number of alkyl halides is 3. The van der Waals surface area contributed by atoms with Gasteiger partial charge in [0, 0.05) is 10.8 Å². The molecule has 1 amide bonds. The molecular formula is C15H9F3N2O. The molecule has 2 aromatic carbocycles. The molecule has 0 saturated carbocycles. The molecule has 0 aliphatic rings. The van der Waals surface area contributed by atoms with Crippen molar-refractivity contribution in [2.45, 2.75) is 6.18 Å². The number of nitrogens with one attached hydrogen (secondary N) is 1. The number of amides is 1. The number of rotatable bonds is 1. The second-order valence-corrected chi connectivity index (χ2v) is 4.47. The van der Waals surface area contributed by atoms with Crippen LogP contribution in [0.15, 0.2) is 48.5 Å². The van der Waals surface area contributed by atoms with Gasteiger partial charge in [-0.1, -0.05) is 36.4 Å². The van der Waals surface area contributed by atoms with Crippen molar-refractivity contribution in [3.63, 3.8) is 0 Å². The topological polar surface area (TPSA) is 42.0 Å². The average molecular weight is 290 g/mol. The number of carbonyl (C=O) groups excluding carboxylic acids is 1. The molecule has 3 rings (SSSR count). The summed E-state index contributed by atoms with van der Waals surface area (Å²) < 4.78 is 37.5. The van der Waals surface area contributed by atoms with E-state index in [0.717, 1.165) is 0 Å². The zero-order chi connectivity index (χ0) is 15.0. The first kappa shape index (κ1) is 13.4. The van der Waals surface area contributed by atoms with E-state index in [4.69, 9.17) is 0 Å². The number of halogens is 3. The summed E-state index contributed by atoms with van der Waals surface area (Å²) in [7, 11) is 0. The molecule has 0 aliphatic heterocycles.